The summed E-state index contributed by atoms with van der Waals surface area (Å²) in [7, 11) is 2.10. The van der Waals surface area contributed by atoms with Crippen LogP contribution in [-0.2, 0) is 13.1 Å². The lowest BCUT2D eigenvalue weighted by Gasteiger charge is -2.26. The molecule has 0 atom stereocenters. The van der Waals surface area contributed by atoms with Crippen LogP contribution in [0.1, 0.15) is 37.0 Å². The van der Waals surface area contributed by atoms with E-state index >= 15 is 0 Å². The van der Waals surface area contributed by atoms with Crippen molar-refractivity contribution < 1.29 is 9.15 Å². The van der Waals surface area contributed by atoms with E-state index < -0.39 is 0 Å². The Labute approximate surface area is 151 Å². The summed E-state index contributed by atoms with van der Waals surface area (Å²) in [6, 6.07) is 12.4. The summed E-state index contributed by atoms with van der Waals surface area (Å²) in [6.07, 6.45) is 6.94. The third-order valence-electron chi connectivity index (χ3n) is 4.72. The molecule has 0 saturated carbocycles. The van der Waals surface area contributed by atoms with E-state index in [1.807, 2.05) is 12.1 Å². The Morgan fingerprint density at radius 2 is 1.84 bits per heavy atom. The fourth-order valence-corrected chi connectivity index (χ4v) is 3.39. The molecule has 4 heteroatoms. The lowest BCUT2D eigenvalue weighted by atomic mass is 10.1. The lowest BCUT2D eigenvalue weighted by Crippen LogP contribution is -2.31. The molecule has 4 nitrogen and oxygen atoms in total. The molecule has 1 saturated heterocycles. The number of ether oxygens (including phenoxy) is 1. The van der Waals surface area contributed by atoms with Crippen LogP contribution in [-0.4, -0.2) is 43.1 Å². The Kier molecular flexibility index (Phi) is 6.95. The van der Waals surface area contributed by atoms with E-state index in [0.29, 0.717) is 0 Å². The number of rotatable bonds is 9. The minimum atomic E-state index is 0.800. The van der Waals surface area contributed by atoms with Crippen molar-refractivity contribution in [1.29, 1.82) is 0 Å². The van der Waals surface area contributed by atoms with Gasteiger partial charge in [0.2, 0.25) is 0 Å². The minimum Gasteiger partial charge on any atom is -0.494 e. The van der Waals surface area contributed by atoms with Gasteiger partial charge in [0.1, 0.15) is 11.5 Å². The molecule has 1 aromatic carbocycles. The first kappa shape index (κ1) is 18.0. The molecule has 0 N–H and O–H groups in total. The molecule has 25 heavy (non-hydrogen) atoms. The third-order valence-corrected chi connectivity index (χ3v) is 4.72. The van der Waals surface area contributed by atoms with Gasteiger partial charge in [-0.25, -0.2) is 0 Å². The van der Waals surface area contributed by atoms with Crippen molar-refractivity contribution >= 4 is 0 Å². The van der Waals surface area contributed by atoms with Gasteiger partial charge in [-0.3, -0.25) is 4.90 Å². The highest BCUT2D eigenvalue weighted by molar-refractivity contribution is 5.27. The summed E-state index contributed by atoms with van der Waals surface area (Å²) in [5.41, 5.74) is 1.29. The molecule has 0 amide bonds. The highest BCUT2D eigenvalue weighted by Crippen LogP contribution is 2.15. The number of likely N-dealkylation sites (tertiary alicyclic amines) is 1. The van der Waals surface area contributed by atoms with Gasteiger partial charge in [-0.1, -0.05) is 18.6 Å². The fourth-order valence-electron chi connectivity index (χ4n) is 3.39. The topological polar surface area (TPSA) is 28.9 Å². The van der Waals surface area contributed by atoms with Gasteiger partial charge in [0.25, 0.3) is 0 Å². The van der Waals surface area contributed by atoms with Gasteiger partial charge in [-0.05, 0) is 69.2 Å². The summed E-state index contributed by atoms with van der Waals surface area (Å²) in [4.78, 5) is 4.80. The van der Waals surface area contributed by atoms with Crippen molar-refractivity contribution in [2.45, 2.75) is 38.8 Å². The predicted molar refractivity (Wildman–Crippen MR) is 101 cm³/mol. The molecular formula is C21H30N2O2. The third kappa shape index (κ3) is 6.22. The van der Waals surface area contributed by atoms with Crippen LogP contribution >= 0.6 is 0 Å². The zero-order chi connectivity index (χ0) is 17.3. The molecule has 136 valence electrons. The number of benzene rings is 1. The molecule has 2 aromatic rings. The first-order valence-corrected chi connectivity index (χ1v) is 9.44. The second kappa shape index (κ2) is 9.64. The molecule has 3 rings (SSSR count). The number of hydrogen-bond acceptors (Lipinski definition) is 4. The van der Waals surface area contributed by atoms with E-state index in [-0.39, 0.29) is 0 Å². The smallest absolute Gasteiger partial charge is 0.119 e. The van der Waals surface area contributed by atoms with Crippen LogP contribution in [0.25, 0.3) is 0 Å². The Hall–Kier alpha value is -1.78. The lowest BCUT2D eigenvalue weighted by molar-refractivity contribution is 0.205. The maximum Gasteiger partial charge on any atom is 0.119 e. The van der Waals surface area contributed by atoms with Crippen LogP contribution in [0, 0.1) is 0 Å². The van der Waals surface area contributed by atoms with Crippen LogP contribution in [0.3, 0.4) is 0 Å². The van der Waals surface area contributed by atoms with Gasteiger partial charge in [-0.2, -0.15) is 0 Å². The van der Waals surface area contributed by atoms with Gasteiger partial charge < -0.3 is 14.1 Å². The highest BCUT2D eigenvalue weighted by Gasteiger charge is 2.09. The molecule has 0 aliphatic carbocycles. The molecule has 0 unspecified atom stereocenters. The van der Waals surface area contributed by atoms with Crippen LogP contribution < -0.4 is 4.74 Å². The zero-order valence-electron chi connectivity index (χ0n) is 15.3. The second-order valence-electron chi connectivity index (χ2n) is 7.00. The van der Waals surface area contributed by atoms with E-state index in [2.05, 4.69) is 41.1 Å². The van der Waals surface area contributed by atoms with Crippen molar-refractivity contribution in [2.75, 3.05) is 33.3 Å². The zero-order valence-corrected chi connectivity index (χ0v) is 15.3. The first-order valence-electron chi connectivity index (χ1n) is 9.44. The number of furan rings is 1. The highest BCUT2D eigenvalue weighted by atomic mass is 16.5. The number of hydrogen-bond donors (Lipinski definition) is 0. The maximum atomic E-state index is 5.89. The molecule has 1 aliphatic rings. The fraction of sp³-hybridized carbons (Fsp3) is 0.524. The normalized spacial score (nSPS) is 15.6. The largest absolute Gasteiger partial charge is 0.494 e. The summed E-state index contributed by atoms with van der Waals surface area (Å²) < 4.78 is 11.3. The standard InChI is InChI=1S/C21H30N2O2/c1-22(18-21-7-5-15-25-21)17-19-8-10-20(11-9-19)24-16-6-14-23-12-3-2-4-13-23/h5,7-11,15H,2-4,6,12-14,16-18H2,1H3. The Morgan fingerprint density at radius 3 is 2.56 bits per heavy atom. The second-order valence-corrected chi connectivity index (χ2v) is 7.00. The van der Waals surface area contributed by atoms with Crippen LogP contribution in [0.5, 0.6) is 5.75 Å². The maximum absolute atomic E-state index is 5.89. The molecule has 0 radical (unpaired) electrons. The summed E-state index contributed by atoms with van der Waals surface area (Å²) in [5, 5.41) is 0. The average Bonchev–Trinajstić information content (AvgIpc) is 3.14. The number of piperidine rings is 1. The van der Waals surface area contributed by atoms with E-state index in [1.54, 1.807) is 6.26 Å². The van der Waals surface area contributed by atoms with Gasteiger partial charge >= 0.3 is 0 Å². The molecule has 2 heterocycles. The number of nitrogens with zero attached hydrogens (tertiary/aromatic N) is 2. The van der Waals surface area contributed by atoms with E-state index in [9.17, 15) is 0 Å². The molecule has 0 spiro atoms. The molecule has 0 bridgehead atoms. The van der Waals surface area contributed by atoms with Gasteiger partial charge in [0.15, 0.2) is 0 Å². The molecule has 1 aliphatic heterocycles. The molecular weight excluding hydrogens is 312 g/mol. The average molecular weight is 342 g/mol. The van der Waals surface area contributed by atoms with Gasteiger partial charge in [0.05, 0.1) is 19.4 Å². The van der Waals surface area contributed by atoms with Crippen molar-refractivity contribution in [3.8, 4) is 5.75 Å². The van der Waals surface area contributed by atoms with Crippen LogP contribution in [0.4, 0.5) is 0 Å². The summed E-state index contributed by atoms with van der Waals surface area (Å²) in [5.74, 6) is 1.97. The SMILES string of the molecule is CN(Cc1ccc(OCCCN2CCCCC2)cc1)Cc1ccco1. The first-order chi connectivity index (χ1) is 12.3. The summed E-state index contributed by atoms with van der Waals surface area (Å²) >= 11 is 0. The van der Waals surface area contributed by atoms with Crippen LogP contribution in [0.15, 0.2) is 47.1 Å². The Bertz CT molecular complexity index is 589. The van der Waals surface area contributed by atoms with Crippen molar-refractivity contribution in [2.24, 2.45) is 0 Å². The molecule has 1 aromatic heterocycles. The Morgan fingerprint density at radius 1 is 1.04 bits per heavy atom. The van der Waals surface area contributed by atoms with Crippen molar-refractivity contribution in [3.63, 3.8) is 0 Å². The van der Waals surface area contributed by atoms with Crippen LogP contribution in [0.2, 0.25) is 0 Å². The quantitative estimate of drug-likeness (QED) is 0.640. The Balaban J connectivity index is 1.35. The van der Waals surface area contributed by atoms with Gasteiger partial charge in [-0.15, -0.1) is 0 Å². The minimum absolute atomic E-state index is 0.800. The van der Waals surface area contributed by atoms with Crippen molar-refractivity contribution in [3.05, 3.63) is 54.0 Å². The van der Waals surface area contributed by atoms with E-state index in [1.165, 1.54) is 37.9 Å². The predicted octanol–water partition coefficient (Wildman–Crippen LogP) is 4.17. The van der Waals surface area contributed by atoms with E-state index in [4.69, 9.17) is 9.15 Å². The van der Waals surface area contributed by atoms with Crippen molar-refractivity contribution in [1.82, 2.24) is 9.80 Å². The van der Waals surface area contributed by atoms with E-state index in [0.717, 1.165) is 44.2 Å². The van der Waals surface area contributed by atoms with Gasteiger partial charge in [0, 0.05) is 13.1 Å². The monoisotopic (exact) mass is 342 g/mol. The summed E-state index contributed by atoms with van der Waals surface area (Å²) in [6.45, 7) is 6.21. The molecule has 1 fully saturated rings.